The van der Waals surface area contributed by atoms with Crippen molar-refractivity contribution in [3.05, 3.63) is 94.5 Å². The third-order valence-corrected chi connectivity index (χ3v) is 4.95. The van der Waals surface area contributed by atoms with Gasteiger partial charge in [0.25, 0.3) is 11.8 Å². The lowest BCUT2D eigenvalue weighted by molar-refractivity contribution is -0.123. The topological polar surface area (TPSA) is 67.4 Å². The van der Waals surface area contributed by atoms with Crippen LogP contribution >= 0.6 is 0 Å². The maximum Gasteiger partial charge on any atom is 0.258 e. The van der Waals surface area contributed by atoms with Crippen LogP contribution in [0.5, 0.6) is 5.75 Å². The van der Waals surface area contributed by atoms with Crippen molar-refractivity contribution >= 4 is 17.5 Å². The normalized spacial score (nSPS) is 10.4. The zero-order chi connectivity index (χ0) is 21.5. The minimum absolute atomic E-state index is 0.0834. The fraction of sp³-hybridized carbons (Fsp3) is 0.200. The molecule has 154 valence electrons. The number of anilines is 1. The van der Waals surface area contributed by atoms with E-state index < -0.39 is 0 Å². The van der Waals surface area contributed by atoms with Crippen LogP contribution in [-0.4, -0.2) is 18.4 Å². The number of aryl methyl sites for hydroxylation is 2. The summed E-state index contributed by atoms with van der Waals surface area (Å²) in [7, 11) is 0. The summed E-state index contributed by atoms with van der Waals surface area (Å²) < 4.78 is 5.52. The van der Waals surface area contributed by atoms with Gasteiger partial charge in [0, 0.05) is 17.8 Å². The number of rotatable bonds is 7. The zero-order valence-electron chi connectivity index (χ0n) is 17.5. The van der Waals surface area contributed by atoms with Gasteiger partial charge >= 0.3 is 0 Å². The highest BCUT2D eigenvalue weighted by molar-refractivity contribution is 6.04. The molecule has 0 unspecified atom stereocenters. The Morgan fingerprint density at radius 2 is 1.57 bits per heavy atom. The molecule has 0 aliphatic rings. The minimum atomic E-state index is -0.202. The van der Waals surface area contributed by atoms with Crippen molar-refractivity contribution < 1.29 is 14.3 Å². The number of hydrogen-bond donors (Lipinski definition) is 2. The van der Waals surface area contributed by atoms with E-state index in [1.165, 1.54) is 5.56 Å². The van der Waals surface area contributed by atoms with Gasteiger partial charge in [0.05, 0.1) is 0 Å². The van der Waals surface area contributed by atoms with Crippen LogP contribution < -0.4 is 15.4 Å². The zero-order valence-corrected chi connectivity index (χ0v) is 17.5. The van der Waals surface area contributed by atoms with E-state index in [0.29, 0.717) is 17.9 Å². The molecule has 5 heteroatoms. The van der Waals surface area contributed by atoms with Crippen molar-refractivity contribution in [1.29, 1.82) is 0 Å². The second-order valence-electron chi connectivity index (χ2n) is 7.28. The van der Waals surface area contributed by atoms with E-state index in [9.17, 15) is 9.59 Å². The Balaban J connectivity index is 1.49. The molecule has 0 bridgehead atoms. The Morgan fingerprint density at radius 3 is 2.27 bits per heavy atom. The van der Waals surface area contributed by atoms with Crippen molar-refractivity contribution in [2.75, 3.05) is 11.9 Å². The van der Waals surface area contributed by atoms with E-state index in [1.54, 1.807) is 24.3 Å². The Labute approximate surface area is 177 Å². The number of carbonyl (C=O) groups excluding carboxylic acids is 2. The molecule has 0 fully saturated rings. The number of hydrogen-bond acceptors (Lipinski definition) is 3. The van der Waals surface area contributed by atoms with Crippen LogP contribution in [-0.2, 0) is 11.3 Å². The van der Waals surface area contributed by atoms with Crippen molar-refractivity contribution in [3.63, 3.8) is 0 Å². The third-order valence-electron chi connectivity index (χ3n) is 4.95. The molecule has 0 heterocycles. The van der Waals surface area contributed by atoms with Crippen molar-refractivity contribution in [3.8, 4) is 5.75 Å². The lowest BCUT2D eigenvalue weighted by Gasteiger charge is -2.11. The van der Waals surface area contributed by atoms with Gasteiger partial charge in [-0.1, -0.05) is 42.0 Å². The maximum absolute atomic E-state index is 12.5. The maximum atomic E-state index is 12.5. The molecule has 2 amide bonds. The van der Waals surface area contributed by atoms with E-state index in [2.05, 4.69) is 10.6 Å². The second-order valence-corrected chi connectivity index (χ2v) is 7.28. The highest BCUT2D eigenvalue weighted by atomic mass is 16.5. The van der Waals surface area contributed by atoms with Crippen LogP contribution in [0.3, 0.4) is 0 Å². The molecule has 0 saturated heterocycles. The van der Waals surface area contributed by atoms with Gasteiger partial charge < -0.3 is 15.4 Å². The van der Waals surface area contributed by atoms with Crippen molar-refractivity contribution in [2.24, 2.45) is 0 Å². The van der Waals surface area contributed by atoms with E-state index >= 15 is 0 Å². The largest absolute Gasteiger partial charge is 0.484 e. The number of nitrogens with one attached hydrogen (secondary N) is 2. The second kappa shape index (κ2) is 9.74. The molecule has 30 heavy (non-hydrogen) atoms. The van der Waals surface area contributed by atoms with Crippen molar-refractivity contribution in [2.45, 2.75) is 27.3 Å². The van der Waals surface area contributed by atoms with E-state index in [0.717, 1.165) is 22.4 Å². The summed E-state index contributed by atoms with van der Waals surface area (Å²) in [6.07, 6.45) is 0. The molecule has 0 spiro atoms. The van der Waals surface area contributed by atoms with Gasteiger partial charge in [-0.3, -0.25) is 9.59 Å². The molecule has 0 atom stereocenters. The van der Waals surface area contributed by atoms with Crippen LogP contribution in [0.4, 0.5) is 5.69 Å². The van der Waals surface area contributed by atoms with E-state index in [4.69, 9.17) is 4.74 Å². The Hall–Kier alpha value is -3.60. The first-order valence-electron chi connectivity index (χ1n) is 9.85. The molecule has 3 rings (SSSR count). The van der Waals surface area contributed by atoms with Crippen molar-refractivity contribution in [1.82, 2.24) is 5.32 Å². The standard InChI is InChI=1S/C25H26N2O3/c1-17-7-9-20(10-8-17)15-26-24(28)16-30-22-13-11-21(12-14-22)25(29)27-23-6-4-5-18(2)19(23)3/h4-14H,15-16H2,1-3H3,(H,26,28)(H,27,29). The van der Waals surface area contributed by atoms with Crippen LogP contribution in [0, 0.1) is 20.8 Å². The summed E-state index contributed by atoms with van der Waals surface area (Å²) >= 11 is 0. The molecule has 3 aromatic rings. The first kappa shape index (κ1) is 21.1. The number of carbonyl (C=O) groups is 2. The summed E-state index contributed by atoms with van der Waals surface area (Å²) in [5.74, 6) is 0.141. The van der Waals surface area contributed by atoms with Gasteiger partial charge in [-0.2, -0.15) is 0 Å². The van der Waals surface area contributed by atoms with Gasteiger partial charge in [0.2, 0.25) is 0 Å². The molecular formula is C25H26N2O3. The summed E-state index contributed by atoms with van der Waals surface area (Å²) in [6.45, 7) is 6.38. The first-order valence-corrected chi connectivity index (χ1v) is 9.85. The lowest BCUT2D eigenvalue weighted by atomic mass is 10.1. The summed E-state index contributed by atoms with van der Waals surface area (Å²) in [5, 5.41) is 5.76. The molecule has 0 aromatic heterocycles. The highest BCUT2D eigenvalue weighted by Crippen LogP contribution is 2.19. The number of benzene rings is 3. The molecule has 5 nitrogen and oxygen atoms in total. The SMILES string of the molecule is Cc1ccc(CNC(=O)COc2ccc(C(=O)Nc3cccc(C)c3C)cc2)cc1. The summed E-state index contributed by atoms with van der Waals surface area (Å²) in [5.41, 5.74) is 5.70. The predicted molar refractivity (Wildman–Crippen MR) is 119 cm³/mol. The summed E-state index contributed by atoms with van der Waals surface area (Å²) in [6, 6.07) is 20.5. The average Bonchev–Trinajstić information content (AvgIpc) is 2.75. The van der Waals surface area contributed by atoms with Crippen LogP contribution in [0.1, 0.15) is 32.6 Å². The molecular weight excluding hydrogens is 376 g/mol. The first-order chi connectivity index (χ1) is 14.4. The summed E-state index contributed by atoms with van der Waals surface area (Å²) in [4.78, 5) is 24.5. The Kier molecular flexibility index (Phi) is 6.86. The minimum Gasteiger partial charge on any atom is -0.484 e. The smallest absolute Gasteiger partial charge is 0.258 e. The number of amides is 2. The molecule has 3 aromatic carbocycles. The fourth-order valence-corrected chi connectivity index (χ4v) is 2.89. The predicted octanol–water partition coefficient (Wildman–Crippen LogP) is 4.56. The van der Waals surface area contributed by atoms with Gasteiger partial charge in [-0.15, -0.1) is 0 Å². The van der Waals surface area contributed by atoms with Crippen LogP contribution in [0.15, 0.2) is 66.7 Å². The quantitative estimate of drug-likeness (QED) is 0.609. The Bertz CT molecular complexity index is 1030. The molecule has 0 saturated carbocycles. The Morgan fingerprint density at radius 1 is 0.867 bits per heavy atom. The fourth-order valence-electron chi connectivity index (χ4n) is 2.89. The van der Waals surface area contributed by atoms with Crippen LogP contribution in [0.25, 0.3) is 0 Å². The molecule has 0 aliphatic heterocycles. The molecule has 2 N–H and O–H groups in total. The highest BCUT2D eigenvalue weighted by Gasteiger charge is 2.09. The van der Waals surface area contributed by atoms with E-state index in [1.807, 2.05) is 63.2 Å². The lowest BCUT2D eigenvalue weighted by Crippen LogP contribution is -2.28. The number of ether oxygens (including phenoxy) is 1. The monoisotopic (exact) mass is 402 g/mol. The van der Waals surface area contributed by atoms with Crippen LogP contribution in [0.2, 0.25) is 0 Å². The van der Waals surface area contributed by atoms with Gasteiger partial charge in [-0.25, -0.2) is 0 Å². The van der Waals surface area contributed by atoms with Gasteiger partial charge in [0.1, 0.15) is 5.75 Å². The van der Waals surface area contributed by atoms with E-state index in [-0.39, 0.29) is 18.4 Å². The molecule has 0 radical (unpaired) electrons. The average molecular weight is 402 g/mol. The van der Waals surface area contributed by atoms with Gasteiger partial charge in [-0.05, 0) is 67.8 Å². The molecule has 0 aliphatic carbocycles. The third kappa shape index (κ3) is 5.70. The van der Waals surface area contributed by atoms with Gasteiger partial charge in [0.15, 0.2) is 6.61 Å².